The molecule has 0 bridgehead atoms. The van der Waals surface area contributed by atoms with Crippen LogP contribution in [-0.4, -0.2) is 45.3 Å². The summed E-state index contributed by atoms with van der Waals surface area (Å²) in [5, 5.41) is 15.7. The van der Waals surface area contributed by atoms with Gasteiger partial charge < -0.3 is 4.90 Å². The van der Waals surface area contributed by atoms with E-state index in [0.29, 0.717) is 22.5 Å². The summed E-state index contributed by atoms with van der Waals surface area (Å²) in [6, 6.07) is 23.6. The first-order valence-corrected chi connectivity index (χ1v) is 10.8. The van der Waals surface area contributed by atoms with Gasteiger partial charge in [-0.05, 0) is 12.1 Å². The maximum Gasteiger partial charge on any atom is 0.269 e. The van der Waals surface area contributed by atoms with Gasteiger partial charge in [-0.1, -0.05) is 60.7 Å². The predicted octanol–water partition coefficient (Wildman–Crippen LogP) is 4.94. The lowest BCUT2D eigenvalue weighted by molar-refractivity contribution is -0.384. The number of allylic oxidation sites excluding steroid dienone is 1. The fourth-order valence-electron chi connectivity index (χ4n) is 3.60. The molecule has 0 fully saturated rings. The molecule has 0 aliphatic rings. The SMILES string of the molecule is CN(C)/C=C/C(=O)c1nn(-c2ccc([N+](=O)[O-])cc2)c(-c2ccccc2)c1C(=O)c1ccccc1. The summed E-state index contributed by atoms with van der Waals surface area (Å²) in [6.07, 6.45) is 2.95. The van der Waals surface area contributed by atoms with Gasteiger partial charge in [-0.25, -0.2) is 4.68 Å². The van der Waals surface area contributed by atoms with E-state index in [1.807, 2.05) is 30.3 Å². The van der Waals surface area contributed by atoms with Gasteiger partial charge in [0.15, 0.2) is 5.78 Å². The molecule has 0 amide bonds. The molecule has 0 saturated heterocycles. The molecular formula is C27H22N4O4. The highest BCUT2D eigenvalue weighted by Crippen LogP contribution is 2.32. The van der Waals surface area contributed by atoms with E-state index < -0.39 is 10.7 Å². The maximum atomic E-state index is 13.8. The summed E-state index contributed by atoms with van der Waals surface area (Å²) in [7, 11) is 3.56. The zero-order chi connectivity index (χ0) is 24.9. The number of benzene rings is 3. The van der Waals surface area contributed by atoms with Gasteiger partial charge in [0.05, 0.1) is 21.9 Å². The molecule has 4 rings (SSSR count). The summed E-state index contributed by atoms with van der Waals surface area (Å²) in [6.45, 7) is 0. The lowest BCUT2D eigenvalue weighted by Gasteiger charge is -2.10. The van der Waals surface area contributed by atoms with Crippen molar-refractivity contribution < 1.29 is 14.5 Å². The van der Waals surface area contributed by atoms with Crippen molar-refractivity contribution in [1.29, 1.82) is 0 Å². The molecule has 0 aliphatic carbocycles. The number of nitro benzene ring substituents is 1. The minimum absolute atomic E-state index is 0.00541. The number of nitrogens with zero attached hydrogens (tertiary/aromatic N) is 4. The van der Waals surface area contributed by atoms with E-state index in [1.165, 1.54) is 35.0 Å². The van der Waals surface area contributed by atoms with E-state index in [1.54, 1.807) is 55.5 Å². The monoisotopic (exact) mass is 466 g/mol. The van der Waals surface area contributed by atoms with Crippen molar-refractivity contribution in [3.63, 3.8) is 0 Å². The second-order valence-corrected chi connectivity index (χ2v) is 7.96. The Morgan fingerprint density at radius 2 is 1.51 bits per heavy atom. The van der Waals surface area contributed by atoms with Crippen molar-refractivity contribution >= 4 is 17.3 Å². The minimum atomic E-state index is -0.490. The van der Waals surface area contributed by atoms with Crippen LogP contribution in [0.25, 0.3) is 16.9 Å². The largest absolute Gasteiger partial charge is 0.383 e. The third-order valence-corrected chi connectivity index (χ3v) is 5.26. The smallest absolute Gasteiger partial charge is 0.269 e. The standard InChI is InChI=1S/C27H22N4O4/c1-29(2)18-17-23(32)25-24(27(33)20-11-7-4-8-12-20)26(19-9-5-3-6-10-19)30(28-25)21-13-15-22(16-14-21)31(34)35/h3-18H,1-2H3/b18-17+. The molecule has 0 saturated carbocycles. The Morgan fingerprint density at radius 3 is 2.09 bits per heavy atom. The van der Waals surface area contributed by atoms with Gasteiger partial charge in [-0.3, -0.25) is 19.7 Å². The number of hydrogen-bond acceptors (Lipinski definition) is 6. The molecule has 0 aliphatic heterocycles. The summed E-state index contributed by atoms with van der Waals surface area (Å²) >= 11 is 0. The fourth-order valence-corrected chi connectivity index (χ4v) is 3.60. The van der Waals surface area contributed by atoms with Crippen LogP contribution in [0.3, 0.4) is 0 Å². The number of carbonyl (C=O) groups is 2. The van der Waals surface area contributed by atoms with Gasteiger partial charge in [0, 0.05) is 49.6 Å². The van der Waals surface area contributed by atoms with E-state index in [0.717, 1.165) is 0 Å². The molecule has 174 valence electrons. The molecule has 0 radical (unpaired) electrons. The molecule has 8 heteroatoms. The average Bonchev–Trinajstić information content (AvgIpc) is 3.28. The summed E-state index contributed by atoms with van der Waals surface area (Å²) in [4.78, 5) is 39.4. The molecule has 0 spiro atoms. The fraction of sp³-hybridized carbons (Fsp3) is 0.0741. The van der Waals surface area contributed by atoms with Crippen molar-refractivity contribution in [3.05, 3.63) is 124 Å². The van der Waals surface area contributed by atoms with E-state index >= 15 is 0 Å². The van der Waals surface area contributed by atoms with E-state index in [2.05, 4.69) is 5.10 Å². The number of hydrogen-bond donors (Lipinski definition) is 0. The van der Waals surface area contributed by atoms with E-state index in [4.69, 9.17) is 0 Å². The van der Waals surface area contributed by atoms with Crippen molar-refractivity contribution in [3.8, 4) is 16.9 Å². The van der Waals surface area contributed by atoms with Crippen LogP contribution < -0.4 is 0 Å². The second-order valence-electron chi connectivity index (χ2n) is 7.96. The molecular weight excluding hydrogens is 444 g/mol. The minimum Gasteiger partial charge on any atom is -0.383 e. The first-order valence-electron chi connectivity index (χ1n) is 10.8. The molecule has 0 atom stereocenters. The summed E-state index contributed by atoms with van der Waals surface area (Å²) in [5.41, 5.74) is 2.07. The molecule has 8 nitrogen and oxygen atoms in total. The lowest BCUT2D eigenvalue weighted by Crippen LogP contribution is -2.10. The number of aromatic nitrogens is 2. The number of rotatable bonds is 8. The normalized spacial score (nSPS) is 10.9. The Balaban J connectivity index is 2.01. The quantitative estimate of drug-likeness (QED) is 0.158. The molecule has 4 aromatic rings. The zero-order valence-electron chi connectivity index (χ0n) is 19.2. The molecule has 0 N–H and O–H groups in total. The van der Waals surface area contributed by atoms with Crippen LogP contribution >= 0.6 is 0 Å². The van der Waals surface area contributed by atoms with Crippen LogP contribution in [0.15, 0.2) is 97.2 Å². The van der Waals surface area contributed by atoms with Gasteiger partial charge in [0.1, 0.15) is 5.69 Å². The highest BCUT2D eigenvalue weighted by molar-refractivity contribution is 6.20. The third-order valence-electron chi connectivity index (χ3n) is 5.26. The van der Waals surface area contributed by atoms with Crippen molar-refractivity contribution in [1.82, 2.24) is 14.7 Å². The molecule has 1 aromatic heterocycles. The summed E-state index contributed by atoms with van der Waals surface area (Å²) < 4.78 is 1.49. The number of nitro groups is 1. The predicted molar refractivity (Wildman–Crippen MR) is 133 cm³/mol. The van der Waals surface area contributed by atoms with Crippen LogP contribution in [0.4, 0.5) is 5.69 Å². The van der Waals surface area contributed by atoms with E-state index in [-0.39, 0.29) is 22.7 Å². The lowest BCUT2D eigenvalue weighted by atomic mass is 9.96. The Hall–Kier alpha value is -4.85. The van der Waals surface area contributed by atoms with Crippen molar-refractivity contribution in [2.45, 2.75) is 0 Å². The third kappa shape index (κ3) is 4.91. The van der Waals surface area contributed by atoms with Gasteiger partial charge in [-0.15, -0.1) is 0 Å². The highest BCUT2D eigenvalue weighted by atomic mass is 16.6. The summed E-state index contributed by atoms with van der Waals surface area (Å²) in [5.74, 6) is -0.782. The average molecular weight is 466 g/mol. The molecule has 3 aromatic carbocycles. The highest BCUT2D eigenvalue weighted by Gasteiger charge is 2.29. The second kappa shape index (κ2) is 9.96. The van der Waals surface area contributed by atoms with Gasteiger partial charge in [0.2, 0.25) is 5.78 Å². The van der Waals surface area contributed by atoms with Crippen molar-refractivity contribution in [2.75, 3.05) is 14.1 Å². The van der Waals surface area contributed by atoms with Crippen LogP contribution in [0, 0.1) is 10.1 Å². The Labute approximate surface area is 201 Å². The Bertz CT molecular complexity index is 1410. The zero-order valence-corrected chi connectivity index (χ0v) is 19.2. The topological polar surface area (TPSA) is 98.3 Å². The van der Waals surface area contributed by atoms with Crippen LogP contribution in [0.1, 0.15) is 26.4 Å². The first kappa shape index (κ1) is 23.3. The number of ketones is 2. The van der Waals surface area contributed by atoms with Crippen LogP contribution in [-0.2, 0) is 0 Å². The van der Waals surface area contributed by atoms with Crippen LogP contribution in [0.2, 0.25) is 0 Å². The van der Waals surface area contributed by atoms with Gasteiger partial charge >= 0.3 is 0 Å². The number of non-ortho nitro benzene ring substituents is 1. The molecule has 0 unspecified atom stereocenters. The van der Waals surface area contributed by atoms with Gasteiger partial charge in [-0.2, -0.15) is 5.10 Å². The molecule has 1 heterocycles. The van der Waals surface area contributed by atoms with E-state index in [9.17, 15) is 19.7 Å². The van der Waals surface area contributed by atoms with Crippen molar-refractivity contribution in [2.24, 2.45) is 0 Å². The maximum absolute atomic E-state index is 13.8. The Morgan fingerprint density at radius 1 is 0.914 bits per heavy atom. The first-order chi connectivity index (χ1) is 16.9. The van der Waals surface area contributed by atoms with Gasteiger partial charge in [0.25, 0.3) is 5.69 Å². The van der Waals surface area contributed by atoms with Crippen LogP contribution in [0.5, 0.6) is 0 Å². The Kier molecular flexibility index (Phi) is 6.64. The molecule has 35 heavy (non-hydrogen) atoms. The number of carbonyl (C=O) groups excluding carboxylic acids is 2.